The summed E-state index contributed by atoms with van der Waals surface area (Å²) in [6.07, 6.45) is 0. The van der Waals surface area contributed by atoms with Gasteiger partial charge in [0, 0.05) is 17.3 Å². The zero-order chi connectivity index (χ0) is 14.9. The number of anilines is 1. The smallest absolute Gasteiger partial charge is 0.131 e. The molecular formula is C17H19F2N. The highest BCUT2D eigenvalue weighted by Gasteiger charge is 2.13. The molecule has 0 heterocycles. The Hall–Kier alpha value is -1.90. The average molecular weight is 275 g/mol. The molecule has 2 rings (SSSR count). The van der Waals surface area contributed by atoms with Crippen LogP contribution in [0.2, 0.25) is 0 Å². The van der Waals surface area contributed by atoms with E-state index in [4.69, 9.17) is 0 Å². The maximum atomic E-state index is 13.8. The van der Waals surface area contributed by atoms with Gasteiger partial charge in [-0.2, -0.15) is 0 Å². The highest BCUT2D eigenvalue weighted by molar-refractivity contribution is 5.59. The number of aryl methyl sites for hydroxylation is 3. The first-order valence-corrected chi connectivity index (χ1v) is 6.68. The molecular weight excluding hydrogens is 256 g/mol. The number of hydrogen-bond donors (Lipinski definition) is 1. The fourth-order valence-electron chi connectivity index (χ4n) is 2.55. The zero-order valence-corrected chi connectivity index (χ0v) is 12.2. The first-order valence-electron chi connectivity index (χ1n) is 6.68. The summed E-state index contributed by atoms with van der Waals surface area (Å²) >= 11 is 0. The quantitative estimate of drug-likeness (QED) is 0.825. The third-order valence-corrected chi connectivity index (χ3v) is 3.47. The molecule has 1 nitrogen and oxygen atoms in total. The average Bonchev–Trinajstić information content (AvgIpc) is 2.33. The summed E-state index contributed by atoms with van der Waals surface area (Å²) in [7, 11) is 0. The van der Waals surface area contributed by atoms with Crippen molar-refractivity contribution in [1.29, 1.82) is 0 Å². The fourth-order valence-corrected chi connectivity index (χ4v) is 2.55. The minimum atomic E-state index is -0.554. The van der Waals surface area contributed by atoms with Crippen LogP contribution in [0.5, 0.6) is 0 Å². The normalized spacial score (nSPS) is 12.3. The van der Waals surface area contributed by atoms with Gasteiger partial charge in [-0.05, 0) is 44.9 Å². The molecule has 0 aromatic heterocycles. The first kappa shape index (κ1) is 14.5. The van der Waals surface area contributed by atoms with Crippen molar-refractivity contribution in [3.8, 4) is 0 Å². The second-order valence-corrected chi connectivity index (χ2v) is 5.31. The molecule has 0 spiro atoms. The summed E-state index contributed by atoms with van der Waals surface area (Å²) in [5.41, 5.74) is 4.91. The Bertz CT molecular complexity index is 612. The van der Waals surface area contributed by atoms with Crippen molar-refractivity contribution in [2.24, 2.45) is 0 Å². The highest BCUT2D eigenvalue weighted by Crippen LogP contribution is 2.27. The topological polar surface area (TPSA) is 12.0 Å². The van der Waals surface area contributed by atoms with Gasteiger partial charge in [-0.15, -0.1) is 0 Å². The maximum absolute atomic E-state index is 13.8. The van der Waals surface area contributed by atoms with Gasteiger partial charge in [-0.3, -0.25) is 0 Å². The van der Waals surface area contributed by atoms with E-state index in [0.29, 0.717) is 5.56 Å². The Morgan fingerprint density at radius 2 is 1.55 bits per heavy atom. The van der Waals surface area contributed by atoms with Crippen LogP contribution in [0, 0.1) is 32.4 Å². The summed E-state index contributed by atoms with van der Waals surface area (Å²) in [4.78, 5) is 0. The van der Waals surface area contributed by atoms with Crippen molar-refractivity contribution >= 4 is 5.69 Å². The third-order valence-electron chi connectivity index (χ3n) is 3.47. The van der Waals surface area contributed by atoms with E-state index in [1.807, 2.05) is 27.7 Å². The van der Waals surface area contributed by atoms with E-state index in [9.17, 15) is 8.78 Å². The Balaban J connectivity index is 2.30. The van der Waals surface area contributed by atoms with E-state index in [1.54, 1.807) is 0 Å². The van der Waals surface area contributed by atoms with Crippen LogP contribution in [0.25, 0.3) is 0 Å². The van der Waals surface area contributed by atoms with Gasteiger partial charge >= 0.3 is 0 Å². The highest BCUT2D eigenvalue weighted by atomic mass is 19.1. The van der Waals surface area contributed by atoms with Crippen molar-refractivity contribution in [1.82, 2.24) is 0 Å². The summed E-state index contributed by atoms with van der Waals surface area (Å²) in [6.45, 7) is 7.97. The molecule has 1 atom stereocenters. The molecule has 0 bridgehead atoms. The predicted octanol–water partition coefficient (Wildman–Crippen LogP) is 5.06. The standard InChI is InChI=1S/C17H19F2N/c1-10-7-11(2)17(12(3)8-10)20-13(4)15-6-5-14(18)9-16(15)19/h5-9,13,20H,1-4H3. The largest absolute Gasteiger partial charge is 0.378 e. The summed E-state index contributed by atoms with van der Waals surface area (Å²) in [6, 6.07) is 7.64. The van der Waals surface area contributed by atoms with Gasteiger partial charge in [0.15, 0.2) is 0 Å². The summed E-state index contributed by atoms with van der Waals surface area (Å²) in [5, 5.41) is 3.32. The molecule has 0 saturated heterocycles. The zero-order valence-electron chi connectivity index (χ0n) is 12.2. The molecule has 0 aliphatic rings. The van der Waals surface area contributed by atoms with Gasteiger partial charge in [0.2, 0.25) is 0 Å². The van der Waals surface area contributed by atoms with Crippen LogP contribution in [0.4, 0.5) is 14.5 Å². The van der Waals surface area contributed by atoms with Gasteiger partial charge in [0.1, 0.15) is 11.6 Å². The molecule has 0 aliphatic carbocycles. The molecule has 0 radical (unpaired) electrons. The number of benzene rings is 2. The lowest BCUT2D eigenvalue weighted by Crippen LogP contribution is -2.11. The van der Waals surface area contributed by atoms with Crippen molar-refractivity contribution in [3.63, 3.8) is 0 Å². The molecule has 0 saturated carbocycles. The van der Waals surface area contributed by atoms with E-state index < -0.39 is 11.6 Å². The molecule has 3 heteroatoms. The number of rotatable bonds is 3. The number of hydrogen-bond acceptors (Lipinski definition) is 1. The van der Waals surface area contributed by atoms with Crippen molar-refractivity contribution in [2.45, 2.75) is 33.7 Å². The minimum Gasteiger partial charge on any atom is -0.378 e. The van der Waals surface area contributed by atoms with Crippen LogP contribution in [-0.2, 0) is 0 Å². The Morgan fingerprint density at radius 3 is 2.10 bits per heavy atom. The number of halogens is 2. The maximum Gasteiger partial charge on any atom is 0.131 e. The third kappa shape index (κ3) is 2.98. The van der Waals surface area contributed by atoms with Crippen molar-refractivity contribution in [3.05, 3.63) is 64.2 Å². The van der Waals surface area contributed by atoms with Crippen molar-refractivity contribution in [2.75, 3.05) is 5.32 Å². The second kappa shape index (κ2) is 5.61. The lowest BCUT2D eigenvalue weighted by molar-refractivity contribution is 0.566. The molecule has 0 fully saturated rings. The molecule has 20 heavy (non-hydrogen) atoms. The van der Waals surface area contributed by atoms with Gasteiger partial charge < -0.3 is 5.32 Å². The van der Waals surface area contributed by atoms with E-state index >= 15 is 0 Å². The van der Waals surface area contributed by atoms with Gasteiger partial charge in [0.05, 0.1) is 6.04 Å². The van der Waals surface area contributed by atoms with Crippen LogP contribution >= 0.6 is 0 Å². The fraction of sp³-hybridized carbons (Fsp3) is 0.294. The molecule has 2 aromatic carbocycles. The van der Waals surface area contributed by atoms with Crippen LogP contribution in [-0.4, -0.2) is 0 Å². The van der Waals surface area contributed by atoms with Crippen LogP contribution in [0.15, 0.2) is 30.3 Å². The second-order valence-electron chi connectivity index (χ2n) is 5.31. The lowest BCUT2D eigenvalue weighted by atomic mass is 10.0. The van der Waals surface area contributed by atoms with Crippen LogP contribution < -0.4 is 5.32 Å². The van der Waals surface area contributed by atoms with Crippen LogP contribution in [0.3, 0.4) is 0 Å². The predicted molar refractivity (Wildman–Crippen MR) is 79.0 cm³/mol. The van der Waals surface area contributed by atoms with E-state index in [1.165, 1.54) is 17.7 Å². The SMILES string of the molecule is Cc1cc(C)c(NC(C)c2ccc(F)cc2F)c(C)c1. The molecule has 106 valence electrons. The van der Waals surface area contributed by atoms with Gasteiger partial charge in [-0.25, -0.2) is 8.78 Å². The molecule has 1 unspecified atom stereocenters. The lowest BCUT2D eigenvalue weighted by Gasteiger charge is -2.20. The van der Waals surface area contributed by atoms with Gasteiger partial charge in [-0.1, -0.05) is 23.8 Å². The van der Waals surface area contributed by atoms with E-state index in [0.717, 1.165) is 22.9 Å². The Kier molecular flexibility index (Phi) is 4.07. The summed E-state index contributed by atoms with van der Waals surface area (Å²) < 4.78 is 26.7. The molecule has 0 aliphatic heterocycles. The Labute approximate surface area is 118 Å². The molecule has 1 N–H and O–H groups in total. The van der Waals surface area contributed by atoms with Crippen LogP contribution in [0.1, 0.15) is 35.2 Å². The monoisotopic (exact) mass is 275 g/mol. The summed E-state index contributed by atoms with van der Waals surface area (Å²) in [5.74, 6) is -1.08. The van der Waals surface area contributed by atoms with E-state index in [-0.39, 0.29) is 6.04 Å². The number of nitrogens with one attached hydrogen (secondary N) is 1. The van der Waals surface area contributed by atoms with Gasteiger partial charge in [0.25, 0.3) is 0 Å². The molecule has 0 amide bonds. The van der Waals surface area contributed by atoms with Crippen molar-refractivity contribution < 1.29 is 8.78 Å². The Morgan fingerprint density at radius 1 is 0.950 bits per heavy atom. The molecule has 2 aromatic rings. The minimum absolute atomic E-state index is 0.226. The van der Waals surface area contributed by atoms with E-state index in [2.05, 4.69) is 17.4 Å². The first-order chi connectivity index (χ1) is 9.38.